The SMILES string of the molecule is COc1ccc(/C=C(/NC(=O)c2ccccc2)C(=O)Nc2cccc(SCc3ccccc3F)c2)cc1. The van der Waals surface area contributed by atoms with E-state index in [1.54, 1.807) is 86.0 Å². The van der Waals surface area contributed by atoms with Crippen LogP contribution in [0, 0.1) is 5.82 Å². The molecule has 2 N–H and O–H groups in total. The molecule has 0 fully saturated rings. The smallest absolute Gasteiger partial charge is 0.272 e. The van der Waals surface area contributed by atoms with Crippen LogP contribution in [0.15, 0.2) is 114 Å². The summed E-state index contributed by atoms with van der Waals surface area (Å²) in [6.45, 7) is 0. The molecule has 0 heterocycles. The lowest BCUT2D eigenvalue weighted by Gasteiger charge is -2.12. The number of halogens is 1. The molecule has 0 aromatic heterocycles. The van der Waals surface area contributed by atoms with Gasteiger partial charge in [-0.3, -0.25) is 9.59 Å². The fourth-order valence-electron chi connectivity index (χ4n) is 3.45. The molecule has 37 heavy (non-hydrogen) atoms. The minimum absolute atomic E-state index is 0.0865. The second kappa shape index (κ2) is 12.6. The second-order valence-electron chi connectivity index (χ2n) is 8.01. The van der Waals surface area contributed by atoms with E-state index in [1.807, 2.05) is 24.3 Å². The molecule has 0 aliphatic rings. The Morgan fingerprint density at radius 3 is 2.35 bits per heavy atom. The Morgan fingerprint density at radius 2 is 1.62 bits per heavy atom. The number of hydrogen-bond donors (Lipinski definition) is 2. The summed E-state index contributed by atoms with van der Waals surface area (Å²) in [5.41, 5.74) is 2.40. The zero-order valence-electron chi connectivity index (χ0n) is 20.1. The number of hydrogen-bond acceptors (Lipinski definition) is 4. The van der Waals surface area contributed by atoms with Crippen LogP contribution in [-0.2, 0) is 10.5 Å². The molecule has 0 atom stereocenters. The lowest BCUT2D eigenvalue weighted by Crippen LogP contribution is -2.30. The molecule has 4 aromatic carbocycles. The summed E-state index contributed by atoms with van der Waals surface area (Å²) < 4.78 is 19.2. The molecule has 0 aliphatic heterocycles. The summed E-state index contributed by atoms with van der Waals surface area (Å²) in [4.78, 5) is 27.0. The number of amides is 2. The van der Waals surface area contributed by atoms with E-state index in [-0.39, 0.29) is 11.5 Å². The maximum Gasteiger partial charge on any atom is 0.272 e. The molecule has 4 aromatic rings. The monoisotopic (exact) mass is 512 g/mol. The van der Waals surface area contributed by atoms with E-state index in [2.05, 4.69) is 10.6 Å². The van der Waals surface area contributed by atoms with Crippen LogP contribution >= 0.6 is 11.8 Å². The van der Waals surface area contributed by atoms with Crippen LogP contribution in [0.3, 0.4) is 0 Å². The molecule has 0 spiro atoms. The van der Waals surface area contributed by atoms with Gasteiger partial charge in [0.05, 0.1) is 7.11 Å². The summed E-state index contributed by atoms with van der Waals surface area (Å²) in [5.74, 6) is 0.0176. The predicted molar refractivity (Wildman–Crippen MR) is 146 cm³/mol. The van der Waals surface area contributed by atoms with Gasteiger partial charge in [0.1, 0.15) is 17.3 Å². The topological polar surface area (TPSA) is 67.4 Å². The largest absolute Gasteiger partial charge is 0.497 e. The van der Waals surface area contributed by atoms with Crippen molar-refractivity contribution >= 4 is 35.3 Å². The van der Waals surface area contributed by atoms with Gasteiger partial charge in [-0.25, -0.2) is 4.39 Å². The molecule has 0 aliphatic carbocycles. The van der Waals surface area contributed by atoms with E-state index in [9.17, 15) is 14.0 Å². The highest BCUT2D eigenvalue weighted by Crippen LogP contribution is 2.26. The van der Waals surface area contributed by atoms with Crippen molar-refractivity contribution in [1.82, 2.24) is 5.32 Å². The van der Waals surface area contributed by atoms with E-state index < -0.39 is 11.8 Å². The zero-order valence-corrected chi connectivity index (χ0v) is 20.9. The molecule has 5 nitrogen and oxygen atoms in total. The first-order valence-corrected chi connectivity index (χ1v) is 12.5. The van der Waals surface area contributed by atoms with Gasteiger partial charge in [0.15, 0.2) is 0 Å². The lowest BCUT2D eigenvalue weighted by molar-refractivity contribution is -0.113. The van der Waals surface area contributed by atoms with Gasteiger partial charge in [-0.05, 0) is 65.7 Å². The van der Waals surface area contributed by atoms with Crippen LogP contribution in [0.4, 0.5) is 10.1 Å². The Hall–Kier alpha value is -4.36. The minimum Gasteiger partial charge on any atom is -0.497 e. The maximum atomic E-state index is 14.0. The van der Waals surface area contributed by atoms with E-state index in [0.717, 1.165) is 4.90 Å². The van der Waals surface area contributed by atoms with Crippen LogP contribution in [0.1, 0.15) is 21.5 Å². The molecule has 0 unspecified atom stereocenters. The van der Waals surface area contributed by atoms with Crippen LogP contribution in [0.5, 0.6) is 5.75 Å². The average Bonchev–Trinajstić information content (AvgIpc) is 2.93. The average molecular weight is 513 g/mol. The van der Waals surface area contributed by atoms with Gasteiger partial charge < -0.3 is 15.4 Å². The van der Waals surface area contributed by atoms with Gasteiger partial charge in [0, 0.05) is 21.9 Å². The van der Waals surface area contributed by atoms with Gasteiger partial charge in [-0.1, -0.05) is 54.6 Å². The van der Waals surface area contributed by atoms with Gasteiger partial charge >= 0.3 is 0 Å². The molecule has 0 bridgehead atoms. The number of methoxy groups -OCH3 is 1. The Morgan fingerprint density at radius 1 is 0.892 bits per heavy atom. The maximum absolute atomic E-state index is 14.0. The normalized spacial score (nSPS) is 11.0. The Bertz CT molecular complexity index is 1410. The lowest BCUT2D eigenvalue weighted by atomic mass is 10.1. The summed E-state index contributed by atoms with van der Waals surface area (Å²) in [6, 6.07) is 29.7. The highest BCUT2D eigenvalue weighted by atomic mass is 32.2. The van der Waals surface area contributed by atoms with Crippen molar-refractivity contribution in [2.75, 3.05) is 12.4 Å². The first kappa shape index (κ1) is 25.7. The molecule has 0 saturated carbocycles. The van der Waals surface area contributed by atoms with Gasteiger partial charge in [0.25, 0.3) is 11.8 Å². The number of carbonyl (C=O) groups is 2. The third-order valence-corrected chi connectivity index (χ3v) is 6.44. The first-order valence-electron chi connectivity index (χ1n) is 11.5. The first-order chi connectivity index (χ1) is 18.0. The van der Waals surface area contributed by atoms with Crippen molar-refractivity contribution in [2.24, 2.45) is 0 Å². The van der Waals surface area contributed by atoms with E-state index in [1.165, 1.54) is 17.8 Å². The van der Waals surface area contributed by atoms with E-state index >= 15 is 0 Å². The summed E-state index contributed by atoms with van der Waals surface area (Å²) in [6.07, 6.45) is 1.60. The van der Waals surface area contributed by atoms with Gasteiger partial charge in [-0.2, -0.15) is 0 Å². The Kier molecular flexibility index (Phi) is 8.73. The van der Waals surface area contributed by atoms with Crippen molar-refractivity contribution in [3.05, 3.63) is 131 Å². The number of carbonyl (C=O) groups excluding carboxylic acids is 2. The number of benzene rings is 4. The summed E-state index contributed by atoms with van der Waals surface area (Å²) >= 11 is 1.46. The van der Waals surface area contributed by atoms with Crippen LogP contribution < -0.4 is 15.4 Å². The summed E-state index contributed by atoms with van der Waals surface area (Å²) in [7, 11) is 1.58. The minimum atomic E-state index is -0.476. The fourth-order valence-corrected chi connectivity index (χ4v) is 4.39. The molecule has 186 valence electrons. The fraction of sp³-hybridized carbons (Fsp3) is 0.0667. The van der Waals surface area contributed by atoms with E-state index in [0.29, 0.717) is 33.9 Å². The molecule has 0 saturated heterocycles. The molecular weight excluding hydrogens is 487 g/mol. The molecule has 2 amide bonds. The standard InChI is InChI=1S/C30H25FN2O3S/c1-36-25-16-14-21(15-17-25)18-28(33-29(34)22-8-3-2-4-9-22)30(35)32-24-11-7-12-26(19-24)37-20-23-10-5-6-13-27(23)31/h2-19H,20H2,1H3,(H,32,35)(H,33,34)/b28-18+. The number of rotatable bonds is 9. The van der Waals surface area contributed by atoms with Crippen molar-refractivity contribution in [1.29, 1.82) is 0 Å². The van der Waals surface area contributed by atoms with Gasteiger partial charge in [0.2, 0.25) is 0 Å². The Labute approximate surface area is 219 Å². The highest BCUT2D eigenvalue weighted by molar-refractivity contribution is 7.98. The molecule has 4 rings (SSSR count). The summed E-state index contributed by atoms with van der Waals surface area (Å²) in [5, 5.41) is 5.59. The number of nitrogens with one attached hydrogen (secondary N) is 2. The van der Waals surface area contributed by atoms with Gasteiger partial charge in [-0.15, -0.1) is 11.8 Å². The van der Waals surface area contributed by atoms with Crippen molar-refractivity contribution < 1.29 is 18.7 Å². The van der Waals surface area contributed by atoms with Crippen LogP contribution in [0.2, 0.25) is 0 Å². The quantitative estimate of drug-likeness (QED) is 0.198. The van der Waals surface area contributed by atoms with Crippen molar-refractivity contribution in [3.8, 4) is 5.75 Å². The molecule has 7 heteroatoms. The number of thioether (sulfide) groups is 1. The van der Waals surface area contributed by atoms with Crippen molar-refractivity contribution in [3.63, 3.8) is 0 Å². The van der Waals surface area contributed by atoms with Crippen LogP contribution in [0.25, 0.3) is 6.08 Å². The molecular formula is C30H25FN2O3S. The zero-order chi connectivity index (χ0) is 26.0. The number of anilines is 1. The van der Waals surface area contributed by atoms with Crippen molar-refractivity contribution in [2.45, 2.75) is 10.6 Å². The predicted octanol–water partition coefficient (Wildman–Crippen LogP) is 6.54. The van der Waals surface area contributed by atoms with Crippen LogP contribution in [-0.4, -0.2) is 18.9 Å². The third-order valence-electron chi connectivity index (χ3n) is 5.40. The highest BCUT2D eigenvalue weighted by Gasteiger charge is 2.15. The second-order valence-corrected chi connectivity index (χ2v) is 9.06. The Balaban J connectivity index is 1.52. The third kappa shape index (κ3) is 7.32. The molecule has 0 radical (unpaired) electrons. The number of ether oxygens (including phenoxy) is 1. The van der Waals surface area contributed by atoms with E-state index in [4.69, 9.17) is 4.74 Å².